The van der Waals surface area contributed by atoms with E-state index in [9.17, 15) is 13.2 Å². The van der Waals surface area contributed by atoms with Crippen LogP contribution in [0.2, 0.25) is 0 Å². The molecule has 10 heavy (non-hydrogen) atoms. The molecule has 5 heteroatoms. The van der Waals surface area contributed by atoms with E-state index in [4.69, 9.17) is 4.74 Å². The molecule has 0 saturated carbocycles. The monoisotopic (exact) mass is 150 g/mol. The SMILES string of the molecule is CCOCC.F[C-](F)F.[Li+]. The average molecular weight is 150 g/mol. The Labute approximate surface area is 71.1 Å². The van der Waals surface area contributed by atoms with Crippen LogP contribution in [0.3, 0.4) is 0 Å². The van der Waals surface area contributed by atoms with Crippen molar-refractivity contribution in [2.75, 3.05) is 13.2 Å². The van der Waals surface area contributed by atoms with Crippen LogP contribution >= 0.6 is 0 Å². The van der Waals surface area contributed by atoms with Crippen LogP contribution in [0.15, 0.2) is 0 Å². The van der Waals surface area contributed by atoms with Gasteiger partial charge in [-0.1, -0.05) is 0 Å². The fraction of sp³-hybridized carbons (Fsp3) is 0.800. The molecule has 0 atom stereocenters. The molecule has 0 aliphatic rings. The van der Waals surface area contributed by atoms with E-state index in [1.807, 2.05) is 13.8 Å². The van der Waals surface area contributed by atoms with Gasteiger partial charge in [0.05, 0.1) is 0 Å². The first kappa shape index (κ1) is 16.7. The Hall–Kier alpha value is 0.347. The summed E-state index contributed by atoms with van der Waals surface area (Å²) in [5.41, 5.74) is 0. The second kappa shape index (κ2) is 16.2. The quantitative estimate of drug-likeness (QED) is 0.377. The molecule has 0 amide bonds. The maximum atomic E-state index is 9.58. The Morgan fingerprint density at radius 2 is 1.30 bits per heavy atom. The van der Waals surface area contributed by atoms with E-state index >= 15 is 0 Å². The summed E-state index contributed by atoms with van der Waals surface area (Å²) in [4.78, 5) is 0. The molecule has 0 aromatic heterocycles. The van der Waals surface area contributed by atoms with Gasteiger partial charge in [0.1, 0.15) is 0 Å². The third-order valence-electron chi connectivity index (χ3n) is 0.408. The van der Waals surface area contributed by atoms with Gasteiger partial charge >= 0.3 is 18.9 Å². The molecule has 0 aromatic carbocycles. The summed E-state index contributed by atoms with van der Waals surface area (Å²) in [7, 11) is 0. The minimum atomic E-state index is -3.08. The van der Waals surface area contributed by atoms with Crippen LogP contribution in [-0.4, -0.2) is 13.2 Å². The summed E-state index contributed by atoms with van der Waals surface area (Å²) in [6.45, 7) is 2.58. The maximum Gasteiger partial charge on any atom is 1.00 e. The molecule has 0 N–H and O–H groups in total. The summed E-state index contributed by atoms with van der Waals surface area (Å²) in [6, 6.07) is 0. The molecule has 0 spiro atoms. The van der Waals surface area contributed by atoms with Crippen molar-refractivity contribution in [1.29, 1.82) is 0 Å². The van der Waals surface area contributed by atoms with E-state index in [0.29, 0.717) is 0 Å². The zero-order valence-corrected chi connectivity index (χ0v) is 6.46. The number of hydrogen-bond donors (Lipinski definition) is 0. The second-order valence-electron chi connectivity index (χ2n) is 0.996. The van der Waals surface area contributed by atoms with Crippen molar-refractivity contribution < 1.29 is 36.8 Å². The summed E-state index contributed by atoms with van der Waals surface area (Å²) in [6.07, 6.45) is 0. The Balaban J connectivity index is -0.0000000910. The van der Waals surface area contributed by atoms with Crippen LogP contribution in [0.5, 0.6) is 0 Å². The van der Waals surface area contributed by atoms with Crippen molar-refractivity contribution in [3.63, 3.8) is 0 Å². The van der Waals surface area contributed by atoms with E-state index < -0.39 is 6.68 Å². The smallest absolute Gasteiger partial charge is 0.385 e. The van der Waals surface area contributed by atoms with Crippen LogP contribution in [0.4, 0.5) is 13.2 Å². The molecule has 0 radical (unpaired) electrons. The molecular weight excluding hydrogens is 140 g/mol. The van der Waals surface area contributed by atoms with Crippen LogP contribution in [0.1, 0.15) is 13.8 Å². The summed E-state index contributed by atoms with van der Waals surface area (Å²) in [5, 5.41) is 0. The Morgan fingerprint density at radius 1 is 1.10 bits per heavy atom. The van der Waals surface area contributed by atoms with E-state index in [1.165, 1.54) is 0 Å². The van der Waals surface area contributed by atoms with Crippen molar-refractivity contribution in [2.24, 2.45) is 0 Å². The van der Waals surface area contributed by atoms with Crippen LogP contribution in [-0.2, 0) is 4.74 Å². The summed E-state index contributed by atoms with van der Waals surface area (Å²) in [5.74, 6) is 0. The summed E-state index contributed by atoms with van der Waals surface area (Å²) >= 11 is 0. The molecule has 0 unspecified atom stereocenters. The minimum absolute atomic E-state index is 0. The minimum Gasteiger partial charge on any atom is -0.385 e. The third kappa shape index (κ3) is 81.8. The third-order valence-corrected chi connectivity index (χ3v) is 0.408. The normalized spacial score (nSPS) is 7.80. The van der Waals surface area contributed by atoms with E-state index in [-0.39, 0.29) is 18.9 Å². The maximum absolute atomic E-state index is 9.58. The number of ether oxygens (including phenoxy) is 1. The predicted octanol–water partition coefficient (Wildman–Crippen LogP) is -0.611. The molecule has 58 valence electrons. The van der Waals surface area contributed by atoms with Crippen LogP contribution < -0.4 is 18.9 Å². The van der Waals surface area contributed by atoms with Gasteiger partial charge in [-0.05, 0) is 13.8 Å². The molecule has 1 nitrogen and oxygen atoms in total. The van der Waals surface area contributed by atoms with Crippen molar-refractivity contribution in [3.05, 3.63) is 6.68 Å². The summed E-state index contributed by atoms with van der Waals surface area (Å²) < 4.78 is 33.6. The van der Waals surface area contributed by atoms with Gasteiger partial charge in [0, 0.05) is 13.2 Å². The van der Waals surface area contributed by atoms with Gasteiger partial charge in [0.25, 0.3) is 0 Å². The topological polar surface area (TPSA) is 9.23 Å². The Bertz CT molecular complexity index is 41.1. The van der Waals surface area contributed by atoms with Crippen LogP contribution in [0.25, 0.3) is 0 Å². The fourth-order valence-corrected chi connectivity index (χ4v) is 0.204. The van der Waals surface area contributed by atoms with Gasteiger partial charge in [-0.2, -0.15) is 0 Å². The fourth-order valence-electron chi connectivity index (χ4n) is 0.204. The molecule has 0 rings (SSSR count). The molecule has 0 fully saturated rings. The molecule has 0 aromatic rings. The molecule has 0 aliphatic heterocycles. The van der Waals surface area contributed by atoms with Gasteiger partial charge in [-0.25, -0.2) is 0 Å². The first-order chi connectivity index (χ1) is 4.15. The largest absolute Gasteiger partial charge is 1.00 e. The zero-order valence-electron chi connectivity index (χ0n) is 6.46. The van der Waals surface area contributed by atoms with Gasteiger partial charge in [0.15, 0.2) is 6.68 Å². The van der Waals surface area contributed by atoms with Gasteiger partial charge < -0.3 is 17.9 Å². The molecular formula is C5H10F3LiO. The van der Waals surface area contributed by atoms with Crippen molar-refractivity contribution in [2.45, 2.75) is 13.8 Å². The zero-order chi connectivity index (χ0) is 7.70. The molecule has 0 bridgehead atoms. The number of halogens is 3. The first-order valence-electron chi connectivity index (χ1n) is 2.56. The molecule has 0 heterocycles. The van der Waals surface area contributed by atoms with Crippen molar-refractivity contribution in [3.8, 4) is 0 Å². The van der Waals surface area contributed by atoms with Gasteiger partial charge in [0.2, 0.25) is 0 Å². The average Bonchev–Trinajstić information content (AvgIpc) is 1.66. The standard InChI is InChI=1S/C4H10O.CF3.Li/c1-3-5-4-2;2-1(3)4;/h3-4H2,1-2H3;;/q;-1;+1. The van der Waals surface area contributed by atoms with E-state index in [2.05, 4.69) is 0 Å². The van der Waals surface area contributed by atoms with Crippen molar-refractivity contribution >= 4 is 0 Å². The van der Waals surface area contributed by atoms with Crippen LogP contribution in [0, 0.1) is 6.68 Å². The van der Waals surface area contributed by atoms with Crippen molar-refractivity contribution in [1.82, 2.24) is 0 Å². The first-order valence-corrected chi connectivity index (χ1v) is 2.56. The van der Waals surface area contributed by atoms with Gasteiger partial charge in [-0.3, -0.25) is 0 Å². The Morgan fingerprint density at radius 3 is 1.30 bits per heavy atom. The van der Waals surface area contributed by atoms with Gasteiger partial charge in [-0.15, -0.1) is 0 Å². The predicted molar refractivity (Wildman–Crippen MR) is 28.7 cm³/mol. The molecule has 0 saturated heterocycles. The van der Waals surface area contributed by atoms with E-state index in [0.717, 1.165) is 13.2 Å². The Kier molecular flexibility index (Phi) is 27.1. The molecule has 0 aliphatic carbocycles. The second-order valence-corrected chi connectivity index (χ2v) is 0.996. The number of rotatable bonds is 2. The number of hydrogen-bond acceptors (Lipinski definition) is 1. The van der Waals surface area contributed by atoms with E-state index in [1.54, 1.807) is 0 Å².